The van der Waals surface area contributed by atoms with Crippen molar-refractivity contribution in [2.45, 2.75) is 19.9 Å². The largest absolute Gasteiger partial charge is 0.355 e. The smallest absolute Gasteiger partial charge is 0.218 e. The second-order valence-corrected chi connectivity index (χ2v) is 5.61. The van der Waals surface area contributed by atoms with E-state index in [0.29, 0.717) is 5.92 Å². The van der Waals surface area contributed by atoms with Gasteiger partial charge in [0.25, 0.3) is 0 Å². The van der Waals surface area contributed by atoms with Crippen LogP contribution in [0.1, 0.15) is 28.3 Å². The summed E-state index contributed by atoms with van der Waals surface area (Å²) in [5.74, 6) is 1.08. The number of guanidine groups is 1. The number of aryl methyl sites for hydroxylation is 1. The van der Waals surface area contributed by atoms with Crippen molar-refractivity contribution < 1.29 is 0 Å². The Balaban J connectivity index is 2.00. The van der Waals surface area contributed by atoms with E-state index in [1.165, 1.54) is 15.3 Å². The Labute approximate surface area is 105 Å². The third-order valence-corrected chi connectivity index (χ3v) is 4.06. The molecule has 0 saturated heterocycles. The maximum Gasteiger partial charge on any atom is 0.218 e. The molecule has 1 N–H and O–H groups in total. The van der Waals surface area contributed by atoms with Crippen LogP contribution in [0.2, 0.25) is 0 Å². The van der Waals surface area contributed by atoms with E-state index in [2.05, 4.69) is 42.4 Å². The van der Waals surface area contributed by atoms with Crippen LogP contribution >= 0.6 is 11.3 Å². The first kappa shape index (κ1) is 10.7. The molecule has 2 unspecified atom stereocenters. The maximum absolute atomic E-state index is 4.71. The minimum Gasteiger partial charge on any atom is -0.355 e. The number of hydrogen-bond acceptors (Lipinski definition) is 4. The van der Waals surface area contributed by atoms with Crippen molar-refractivity contribution in [3.05, 3.63) is 27.5 Å². The minimum absolute atomic E-state index is 0.214. The molecule has 1 aliphatic heterocycles. The van der Waals surface area contributed by atoms with Gasteiger partial charge in [0, 0.05) is 28.4 Å². The highest BCUT2D eigenvalue weighted by Gasteiger charge is 2.28. The first-order chi connectivity index (χ1) is 8.28. The molecule has 0 spiro atoms. The van der Waals surface area contributed by atoms with Gasteiger partial charge in [-0.15, -0.1) is 11.3 Å². The van der Waals surface area contributed by atoms with Crippen LogP contribution in [0.3, 0.4) is 0 Å². The quantitative estimate of drug-likeness (QED) is 0.811. The summed E-state index contributed by atoms with van der Waals surface area (Å²) in [5.41, 5.74) is 1.35. The van der Waals surface area contributed by atoms with Gasteiger partial charge in [0.15, 0.2) is 0 Å². The van der Waals surface area contributed by atoms with Crippen molar-refractivity contribution in [1.82, 2.24) is 5.32 Å². The van der Waals surface area contributed by atoms with Crippen molar-refractivity contribution in [3.63, 3.8) is 0 Å². The summed E-state index contributed by atoms with van der Waals surface area (Å²) in [4.78, 5) is 11.8. The van der Waals surface area contributed by atoms with Gasteiger partial charge in [-0.2, -0.15) is 0 Å². The Hall–Kier alpha value is -1.42. The van der Waals surface area contributed by atoms with E-state index in [1.54, 1.807) is 0 Å². The molecule has 4 heteroatoms. The third kappa shape index (κ3) is 1.82. The average molecular weight is 245 g/mol. The number of hydrogen-bond donors (Lipinski definition) is 1. The zero-order chi connectivity index (χ0) is 11.8. The molecule has 2 aliphatic rings. The number of rotatable bonds is 1. The Bertz CT molecular complexity index is 525. The molecule has 1 aromatic rings. The molecular formula is C13H15N3S. The second kappa shape index (κ2) is 4.11. The predicted molar refractivity (Wildman–Crippen MR) is 73.9 cm³/mol. The highest BCUT2D eigenvalue weighted by Crippen LogP contribution is 2.39. The summed E-state index contributed by atoms with van der Waals surface area (Å²) < 4.78 is 0. The molecular weight excluding hydrogens is 230 g/mol. The molecule has 0 aromatic carbocycles. The summed E-state index contributed by atoms with van der Waals surface area (Å²) >= 11 is 1.84. The van der Waals surface area contributed by atoms with E-state index in [1.807, 2.05) is 17.6 Å². The van der Waals surface area contributed by atoms with Gasteiger partial charge in [-0.05, 0) is 31.6 Å². The summed E-state index contributed by atoms with van der Waals surface area (Å²) in [7, 11) is 0. The van der Waals surface area contributed by atoms with Gasteiger partial charge in [-0.1, -0.05) is 6.08 Å². The van der Waals surface area contributed by atoms with E-state index in [0.717, 1.165) is 12.5 Å². The Morgan fingerprint density at radius 1 is 1.47 bits per heavy atom. The predicted octanol–water partition coefficient (Wildman–Crippen LogP) is 2.79. The van der Waals surface area contributed by atoms with Crippen molar-refractivity contribution in [2.75, 3.05) is 6.54 Å². The third-order valence-electron chi connectivity index (χ3n) is 3.03. The van der Waals surface area contributed by atoms with Gasteiger partial charge in [0.1, 0.15) is 0 Å². The SMILES string of the molecule is CCNC1=NC2c3cc(C)sc3C=CC2C=N1. The molecule has 2 heterocycles. The van der Waals surface area contributed by atoms with Crippen molar-refractivity contribution in [2.24, 2.45) is 15.9 Å². The number of aliphatic imine (C=N–C) groups is 2. The van der Waals surface area contributed by atoms with E-state index < -0.39 is 0 Å². The lowest BCUT2D eigenvalue weighted by Gasteiger charge is -2.25. The molecule has 3 rings (SSSR count). The lowest BCUT2D eigenvalue weighted by molar-refractivity contribution is 0.639. The van der Waals surface area contributed by atoms with Gasteiger partial charge in [0.05, 0.1) is 6.04 Å². The van der Waals surface area contributed by atoms with Crippen LogP contribution in [-0.4, -0.2) is 18.7 Å². The molecule has 1 aliphatic carbocycles. The highest BCUT2D eigenvalue weighted by molar-refractivity contribution is 7.13. The lowest BCUT2D eigenvalue weighted by atomic mass is 9.89. The van der Waals surface area contributed by atoms with Gasteiger partial charge >= 0.3 is 0 Å². The van der Waals surface area contributed by atoms with Crippen LogP contribution in [0, 0.1) is 12.8 Å². The molecule has 3 nitrogen and oxygen atoms in total. The number of nitrogens with zero attached hydrogens (tertiary/aromatic N) is 2. The molecule has 2 atom stereocenters. The van der Waals surface area contributed by atoms with Crippen molar-refractivity contribution >= 4 is 29.6 Å². The normalized spacial score (nSPS) is 25.2. The van der Waals surface area contributed by atoms with Crippen LogP contribution in [0.4, 0.5) is 0 Å². The Morgan fingerprint density at radius 2 is 2.35 bits per heavy atom. The minimum atomic E-state index is 0.214. The van der Waals surface area contributed by atoms with Crippen LogP contribution in [0.15, 0.2) is 22.1 Å². The zero-order valence-corrected chi connectivity index (χ0v) is 10.8. The van der Waals surface area contributed by atoms with E-state index in [9.17, 15) is 0 Å². The van der Waals surface area contributed by atoms with Gasteiger partial charge < -0.3 is 5.32 Å². The molecule has 0 radical (unpaired) electrons. The number of nitrogens with one attached hydrogen (secondary N) is 1. The summed E-state index contributed by atoms with van der Waals surface area (Å²) in [5, 5.41) is 3.19. The molecule has 0 amide bonds. The first-order valence-electron chi connectivity index (χ1n) is 5.92. The van der Waals surface area contributed by atoms with E-state index >= 15 is 0 Å². The highest BCUT2D eigenvalue weighted by atomic mass is 32.1. The average Bonchev–Trinajstić information content (AvgIpc) is 2.70. The zero-order valence-electron chi connectivity index (χ0n) is 9.97. The topological polar surface area (TPSA) is 36.8 Å². The van der Waals surface area contributed by atoms with Crippen LogP contribution in [-0.2, 0) is 0 Å². The van der Waals surface area contributed by atoms with Crippen molar-refractivity contribution in [3.8, 4) is 0 Å². The first-order valence-corrected chi connectivity index (χ1v) is 6.74. The van der Waals surface area contributed by atoms with Crippen LogP contribution < -0.4 is 5.32 Å². The fourth-order valence-electron chi connectivity index (χ4n) is 2.28. The standard InChI is InChI=1S/C13H15N3S/c1-3-14-13-15-7-9-4-5-11-10(12(9)16-13)6-8(2)17-11/h4-7,9,12H,3H2,1-2H3,(H,14,16). The number of thiophene rings is 1. The van der Waals surface area contributed by atoms with Crippen molar-refractivity contribution in [1.29, 1.82) is 0 Å². The molecule has 1 aromatic heterocycles. The summed E-state index contributed by atoms with van der Waals surface area (Å²) in [6.07, 6.45) is 6.41. The molecule has 0 fully saturated rings. The number of fused-ring (bicyclic) bond motifs is 3. The van der Waals surface area contributed by atoms with E-state index in [4.69, 9.17) is 4.99 Å². The summed E-state index contributed by atoms with van der Waals surface area (Å²) in [6, 6.07) is 2.47. The Morgan fingerprint density at radius 3 is 3.18 bits per heavy atom. The fourth-order valence-corrected chi connectivity index (χ4v) is 3.26. The monoisotopic (exact) mass is 245 g/mol. The maximum atomic E-state index is 4.71. The molecule has 0 bridgehead atoms. The Kier molecular flexibility index (Phi) is 2.59. The van der Waals surface area contributed by atoms with E-state index in [-0.39, 0.29) is 6.04 Å². The fraction of sp³-hybridized carbons (Fsp3) is 0.385. The lowest BCUT2D eigenvalue weighted by Crippen LogP contribution is -2.28. The van der Waals surface area contributed by atoms with Crippen LogP contribution in [0.25, 0.3) is 6.08 Å². The second-order valence-electron chi connectivity index (χ2n) is 4.32. The van der Waals surface area contributed by atoms with Gasteiger partial charge in [-0.25, -0.2) is 9.98 Å². The molecule has 88 valence electrons. The van der Waals surface area contributed by atoms with Crippen LogP contribution in [0.5, 0.6) is 0 Å². The van der Waals surface area contributed by atoms with Gasteiger partial charge in [0.2, 0.25) is 5.96 Å². The van der Waals surface area contributed by atoms with Gasteiger partial charge in [-0.3, -0.25) is 0 Å². The summed E-state index contributed by atoms with van der Waals surface area (Å²) in [6.45, 7) is 5.07. The molecule has 17 heavy (non-hydrogen) atoms. The molecule has 0 saturated carbocycles.